The predicted molar refractivity (Wildman–Crippen MR) is 109 cm³/mol. The number of carbonyl (C=O) groups excluding carboxylic acids is 1. The molecule has 0 bridgehead atoms. The number of hydrogen-bond donors (Lipinski definition) is 1. The van der Waals surface area contributed by atoms with Crippen LogP contribution in [0.5, 0.6) is 0 Å². The minimum atomic E-state index is -0.159. The Morgan fingerprint density at radius 3 is 2.43 bits per heavy atom. The fraction of sp³-hybridized carbons (Fsp3) is 0.304. The standard InChI is InChI=1S/C23H24N4O/c28-23(24-19-9-5-2-6-10-19)20-16-27-14-13-26(15-17-11-12-17)21(22(27)25-20)18-7-3-1-4-8-18/h1-10,16-17,21H,11-15H2,(H,24,28). The van der Waals surface area contributed by atoms with Gasteiger partial charge in [0.25, 0.3) is 5.91 Å². The highest BCUT2D eigenvalue weighted by molar-refractivity contribution is 6.02. The summed E-state index contributed by atoms with van der Waals surface area (Å²) in [6.07, 6.45) is 4.56. The van der Waals surface area contributed by atoms with E-state index in [1.807, 2.05) is 42.6 Å². The summed E-state index contributed by atoms with van der Waals surface area (Å²) in [5, 5.41) is 2.95. The van der Waals surface area contributed by atoms with E-state index in [1.165, 1.54) is 18.4 Å². The fourth-order valence-corrected chi connectivity index (χ4v) is 4.01. The molecule has 1 aliphatic heterocycles. The first-order chi connectivity index (χ1) is 13.8. The molecule has 1 aromatic heterocycles. The molecule has 5 heteroatoms. The van der Waals surface area contributed by atoms with Crippen LogP contribution in [0.25, 0.3) is 0 Å². The Bertz CT molecular complexity index is 963. The first kappa shape index (κ1) is 17.2. The minimum absolute atomic E-state index is 0.105. The summed E-state index contributed by atoms with van der Waals surface area (Å²) in [7, 11) is 0. The second-order valence-corrected chi connectivity index (χ2v) is 7.75. The van der Waals surface area contributed by atoms with Gasteiger partial charge in [0, 0.05) is 31.5 Å². The highest BCUT2D eigenvalue weighted by Crippen LogP contribution is 2.37. The van der Waals surface area contributed by atoms with E-state index in [9.17, 15) is 4.79 Å². The number of anilines is 1. The lowest BCUT2D eigenvalue weighted by atomic mass is 10.0. The highest BCUT2D eigenvalue weighted by atomic mass is 16.1. The maximum Gasteiger partial charge on any atom is 0.275 e. The zero-order chi connectivity index (χ0) is 18.9. The molecule has 2 aromatic carbocycles. The molecule has 1 N–H and O–H groups in total. The van der Waals surface area contributed by atoms with E-state index < -0.39 is 0 Å². The Morgan fingerprint density at radius 2 is 1.71 bits per heavy atom. The number of benzene rings is 2. The smallest absolute Gasteiger partial charge is 0.275 e. The summed E-state index contributed by atoms with van der Waals surface area (Å²) in [5.74, 6) is 1.62. The lowest BCUT2D eigenvalue weighted by molar-refractivity contribution is 0.102. The summed E-state index contributed by atoms with van der Waals surface area (Å²) in [4.78, 5) is 20.1. The molecule has 3 aromatic rings. The number of rotatable bonds is 5. The molecule has 1 fully saturated rings. The molecule has 5 rings (SSSR count). The van der Waals surface area contributed by atoms with Gasteiger partial charge >= 0.3 is 0 Å². The maximum atomic E-state index is 12.7. The van der Waals surface area contributed by atoms with Crippen LogP contribution in [0.4, 0.5) is 5.69 Å². The molecule has 1 atom stereocenters. The van der Waals surface area contributed by atoms with E-state index in [2.05, 4.69) is 39.0 Å². The minimum Gasteiger partial charge on any atom is -0.331 e. The number of imidazole rings is 1. The molecular formula is C23H24N4O. The highest BCUT2D eigenvalue weighted by Gasteiger charge is 2.35. The number of para-hydroxylation sites is 1. The molecular weight excluding hydrogens is 348 g/mol. The van der Waals surface area contributed by atoms with Gasteiger partial charge in [-0.05, 0) is 36.5 Å². The SMILES string of the molecule is O=C(Nc1ccccc1)c1cn2c(n1)C(c1ccccc1)N(CC1CC1)CC2. The molecule has 0 saturated heterocycles. The molecule has 1 saturated carbocycles. The Morgan fingerprint density at radius 1 is 1.00 bits per heavy atom. The van der Waals surface area contributed by atoms with Gasteiger partial charge in [0.15, 0.2) is 0 Å². The maximum absolute atomic E-state index is 12.7. The number of hydrogen-bond acceptors (Lipinski definition) is 3. The quantitative estimate of drug-likeness (QED) is 0.738. The number of carbonyl (C=O) groups is 1. The molecule has 2 heterocycles. The normalized spacial score (nSPS) is 19.2. The Labute approximate surface area is 165 Å². The number of fused-ring (bicyclic) bond motifs is 1. The van der Waals surface area contributed by atoms with E-state index in [0.717, 1.165) is 37.1 Å². The van der Waals surface area contributed by atoms with Crippen molar-refractivity contribution in [3.8, 4) is 0 Å². The average Bonchev–Trinajstić information content (AvgIpc) is 3.44. The monoisotopic (exact) mass is 372 g/mol. The van der Waals surface area contributed by atoms with Crippen molar-refractivity contribution >= 4 is 11.6 Å². The van der Waals surface area contributed by atoms with Gasteiger partial charge in [0.2, 0.25) is 0 Å². The van der Waals surface area contributed by atoms with Crippen LogP contribution in [0.3, 0.4) is 0 Å². The van der Waals surface area contributed by atoms with E-state index in [1.54, 1.807) is 0 Å². The zero-order valence-corrected chi connectivity index (χ0v) is 15.8. The Hall–Kier alpha value is -2.92. The Balaban J connectivity index is 1.46. The van der Waals surface area contributed by atoms with Gasteiger partial charge in [0.1, 0.15) is 11.5 Å². The number of nitrogens with one attached hydrogen (secondary N) is 1. The molecule has 1 aliphatic carbocycles. The van der Waals surface area contributed by atoms with Crippen molar-refractivity contribution in [1.29, 1.82) is 0 Å². The van der Waals surface area contributed by atoms with E-state index in [-0.39, 0.29) is 11.9 Å². The van der Waals surface area contributed by atoms with Crippen LogP contribution in [0, 0.1) is 5.92 Å². The summed E-state index contributed by atoms with van der Waals surface area (Å²) in [6.45, 7) is 2.97. The van der Waals surface area contributed by atoms with Gasteiger partial charge in [-0.25, -0.2) is 4.98 Å². The van der Waals surface area contributed by atoms with Gasteiger partial charge in [0.05, 0.1) is 6.04 Å². The van der Waals surface area contributed by atoms with Crippen LogP contribution in [-0.4, -0.2) is 33.4 Å². The van der Waals surface area contributed by atoms with Crippen molar-refractivity contribution in [2.24, 2.45) is 5.92 Å². The molecule has 28 heavy (non-hydrogen) atoms. The van der Waals surface area contributed by atoms with Crippen LogP contribution in [0.1, 0.15) is 40.8 Å². The van der Waals surface area contributed by atoms with E-state index in [0.29, 0.717) is 5.69 Å². The first-order valence-electron chi connectivity index (χ1n) is 10.0. The van der Waals surface area contributed by atoms with Gasteiger partial charge in [-0.2, -0.15) is 0 Å². The molecule has 1 unspecified atom stereocenters. The van der Waals surface area contributed by atoms with Crippen LogP contribution in [-0.2, 0) is 6.54 Å². The lowest BCUT2D eigenvalue weighted by Gasteiger charge is -2.36. The van der Waals surface area contributed by atoms with Crippen molar-refractivity contribution in [2.45, 2.75) is 25.4 Å². The van der Waals surface area contributed by atoms with Crippen molar-refractivity contribution in [3.05, 3.63) is 83.9 Å². The summed E-state index contributed by atoms with van der Waals surface area (Å²) in [5.41, 5.74) is 2.51. The second kappa shape index (κ2) is 7.24. The van der Waals surface area contributed by atoms with Gasteiger partial charge in [-0.3, -0.25) is 9.69 Å². The van der Waals surface area contributed by atoms with Crippen LogP contribution < -0.4 is 5.32 Å². The molecule has 5 nitrogen and oxygen atoms in total. The second-order valence-electron chi connectivity index (χ2n) is 7.75. The van der Waals surface area contributed by atoms with Gasteiger partial charge in [-0.15, -0.1) is 0 Å². The Kier molecular flexibility index (Phi) is 4.45. The largest absolute Gasteiger partial charge is 0.331 e. The summed E-state index contributed by atoms with van der Waals surface area (Å²) >= 11 is 0. The van der Waals surface area contributed by atoms with Gasteiger partial charge < -0.3 is 9.88 Å². The third kappa shape index (κ3) is 3.45. The van der Waals surface area contributed by atoms with Crippen LogP contribution in [0.2, 0.25) is 0 Å². The molecule has 1 amide bonds. The number of aromatic nitrogens is 2. The van der Waals surface area contributed by atoms with Crippen molar-refractivity contribution in [1.82, 2.24) is 14.5 Å². The summed E-state index contributed by atoms with van der Waals surface area (Å²) < 4.78 is 2.15. The van der Waals surface area contributed by atoms with Crippen molar-refractivity contribution < 1.29 is 4.79 Å². The summed E-state index contributed by atoms with van der Waals surface area (Å²) in [6, 6.07) is 20.2. The molecule has 0 radical (unpaired) electrons. The van der Waals surface area contributed by atoms with Crippen molar-refractivity contribution in [2.75, 3.05) is 18.4 Å². The number of nitrogens with zero attached hydrogens (tertiary/aromatic N) is 3. The van der Waals surface area contributed by atoms with Crippen molar-refractivity contribution in [3.63, 3.8) is 0 Å². The van der Waals surface area contributed by atoms with Gasteiger partial charge in [-0.1, -0.05) is 48.5 Å². The van der Waals surface area contributed by atoms with E-state index >= 15 is 0 Å². The van der Waals surface area contributed by atoms with E-state index in [4.69, 9.17) is 4.98 Å². The van der Waals surface area contributed by atoms with Crippen LogP contribution in [0.15, 0.2) is 66.9 Å². The average molecular weight is 372 g/mol. The lowest BCUT2D eigenvalue weighted by Crippen LogP contribution is -2.40. The molecule has 142 valence electrons. The zero-order valence-electron chi connectivity index (χ0n) is 15.8. The predicted octanol–water partition coefficient (Wildman–Crippen LogP) is 3.95. The molecule has 2 aliphatic rings. The number of amides is 1. The topological polar surface area (TPSA) is 50.2 Å². The third-order valence-corrected chi connectivity index (χ3v) is 5.61. The fourth-order valence-electron chi connectivity index (χ4n) is 4.01. The third-order valence-electron chi connectivity index (χ3n) is 5.61. The van der Waals surface area contributed by atoms with Crippen LogP contribution >= 0.6 is 0 Å². The first-order valence-corrected chi connectivity index (χ1v) is 10.0. The molecule has 0 spiro atoms.